The predicted octanol–water partition coefficient (Wildman–Crippen LogP) is 0.457. The van der Waals surface area contributed by atoms with Crippen LogP contribution in [0.25, 0.3) is 0 Å². The first-order valence-corrected chi connectivity index (χ1v) is 7.82. The van der Waals surface area contributed by atoms with E-state index in [1.54, 1.807) is 12.1 Å². The van der Waals surface area contributed by atoms with Gasteiger partial charge in [0.15, 0.2) is 0 Å². The highest BCUT2D eigenvalue weighted by atomic mass is 32.2. The highest BCUT2D eigenvalue weighted by Gasteiger charge is 2.43. The molecule has 1 aromatic rings. The summed E-state index contributed by atoms with van der Waals surface area (Å²) in [5.74, 6) is -1.24. The number of aliphatic carboxylic acids is 1. The zero-order valence-electron chi connectivity index (χ0n) is 11.1. The molecule has 0 bridgehead atoms. The van der Waals surface area contributed by atoms with Crippen LogP contribution in [0, 0.1) is 0 Å². The highest BCUT2D eigenvalue weighted by molar-refractivity contribution is 7.89. The van der Waals surface area contributed by atoms with Gasteiger partial charge in [-0.15, -0.1) is 0 Å². The maximum Gasteiger partial charge on any atom is 0.322 e. The number of hydrogen-bond donors (Lipinski definition) is 2. The van der Waals surface area contributed by atoms with Crippen LogP contribution in [-0.2, 0) is 21.2 Å². The Balaban J connectivity index is 2.35. The lowest BCUT2D eigenvalue weighted by atomic mass is 10.2. The van der Waals surface area contributed by atoms with Gasteiger partial charge in [0.25, 0.3) is 0 Å². The van der Waals surface area contributed by atoms with Crippen LogP contribution in [0.2, 0.25) is 0 Å². The minimum absolute atomic E-state index is 0.0510. The zero-order valence-corrected chi connectivity index (χ0v) is 11.9. The number of benzene rings is 1. The molecule has 1 heterocycles. The summed E-state index contributed by atoms with van der Waals surface area (Å²) in [4.78, 5) is 11.2. The van der Waals surface area contributed by atoms with E-state index in [2.05, 4.69) is 0 Å². The molecule has 1 saturated heterocycles. The molecule has 0 aromatic heterocycles. The van der Waals surface area contributed by atoms with Crippen molar-refractivity contribution in [2.75, 3.05) is 6.54 Å². The van der Waals surface area contributed by atoms with Crippen molar-refractivity contribution in [2.24, 2.45) is 0 Å². The summed E-state index contributed by atoms with van der Waals surface area (Å²) in [5, 5.41) is 18.6. The maximum absolute atomic E-state index is 12.4. The molecular formula is C13H17NO5S. The molecule has 0 saturated carbocycles. The predicted molar refractivity (Wildman–Crippen MR) is 71.8 cm³/mol. The fourth-order valence-corrected chi connectivity index (χ4v) is 3.94. The first-order chi connectivity index (χ1) is 9.36. The summed E-state index contributed by atoms with van der Waals surface area (Å²) >= 11 is 0. The molecular weight excluding hydrogens is 282 g/mol. The second-order valence-corrected chi connectivity index (χ2v) is 6.71. The van der Waals surface area contributed by atoms with Crippen LogP contribution in [-0.4, -0.2) is 47.6 Å². The third-order valence-corrected chi connectivity index (χ3v) is 5.35. The van der Waals surface area contributed by atoms with Crippen LogP contribution in [0.5, 0.6) is 0 Å². The van der Waals surface area contributed by atoms with E-state index in [1.807, 2.05) is 6.92 Å². The van der Waals surface area contributed by atoms with Crippen molar-refractivity contribution >= 4 is 16.0 Å². The monoisotopic (exact) mass is 299 g/mol. The Kier molecular flexibility index (Phi) is 4.12. The number of carboxylic acids is 1. The molecule has 1 aliphatic heterocycles. The van der Waals surface area contributed by atoms with Crippen molar-refractivity contribution < 1.29 is 23.4 Å². The van der Waals surface area contributed by atoms with Crippen molar-refractivity contribution in [1.29, 1.82) is 0 Å². The second-order valence-electron chi connectivity index (χ2n) is 4.82. The number of β-amino-alcohol motifs (C(OH)–C–C–N with tert-alkyl or cyclic N) is 1. The minimum Gasteiger partial charge on any atom is -0.480 e. The van der Waals surface area contributed by atoms with Crippen molar-refractivity contribution in [2.45, 2.75) is 36.8 Å². The van der Waals surface area contributed by atoms with Crippen LogP contribution in [0.15, 0.2) is 29.2 Å². The lowest BCUT2D eigenvalue weighted by Crippen LogP contribution is -2.40. The molecule has 1 fully saturated rings. The van der Waals surface area contributed by atoms with E-state index in [-0.39, 0.29) is 17.9 Å². The fourth-order valence-electron chi connectivity index (χ4n) is 2.31. The fraction of sp³-hybridized carbons (Fsp3) is 0.462. The van der Waals surface area contributed by atoms with Gasteiger partial charge in [-0.3, -0.25) is 4.79 Å². The number of aryl methyl sites for hydroxylation is 1. The molecule has 2 atom stereocenters. The van der Waals surface area contributed by atoms with Crippen molar-refractivity contribution in [3.8, 4) is 0 Å². The standard InChI is InChI=1S/C13H17NO5S/c1-2-9-3-5-11(6-4-9)20(18,19)14-8-10(15)7-12(14)13(16)17/h3-6,10,12,15H,2,7-8H2,1H3,(H,16,17)/t10-,12-/m0/s1. The van der Waals surface area contributed by atoms with Gasteiger partial charge in [-0.1, -0.05) is 19.1 Å². The second kappa shape index (κ2) is 5.51. The minimum atomic E-state index is -3.90. The Bertz CT molecular complexity index is 596. The average molecular weight is 299 g/mol. The molecule has 20 heavy (non-hydrogen) atoms. The quantitative estimate of drug-likeness (QED) is 0.842. The van der Waals surface area contributed by atoms with Gasteiger partial charge in [0.2, 0.25) is 10.0 Å². The van der Waals surface area contributed by atoms with Crippen molar-refractivity contribution in [3.05, 3.63) is 29.8 Å². The third-order valence-electron chi connectivity index (χ3n) is 3.46. The van der Waals surface area contributed by atoms with E-state index in [9.17, 15) is 18.3 Å². The number of carboxylic acid groups (broad SMARTS) is 1. The zero-order chi connectivity index (χ0) is 14.9. The highest BCUT2D eigenvalue weighted by Crippen LogP contribution is 2.26. The summed E-state index contributed by atoms with van der Waals surface area (Å²) in [7, 11) is -3.90. The van der Waals surface area contributed by atoms with Gasteiger partial charge in [-0.25, -0.2) is 8.42 Å². The van der Waals surface area contributed by atoms with Crippen molar-refractivity contribution in [1.82, 2.24) is 4.31 Å². The number of rotatable bonds is 4. The molecule has 0 aliphatic carbocycles. The molecule has 1 aliphatic rings. The molecule has 0 spiro atoms. The lowest BCUT2D eigenvalue weighted by Gasteiger charge is -2.20. The molecule has 7 heteroatoms. The lowest BCUT2D eigenvalue weighted by molar-refractivity contribution is -0.140. The van der Waals surface area contributed by atoms with Crippen LogP contribution >= 0.6 is 0 Å². The van der Waals surface area contributed by atoms with Gasteiger partial charge in [0.05, 0.1) is 11.0 Å². The number of aliphatic hydroxyl groups is 1. The van der Waals surface area contributed by atoms with E-state index in [4.69, 9.17) is 5.11 Å². The number of nitrogens with zero attached hydrogens (tertiary/aromatic N) is 1. The van der Waals surface area contributed by atoms with Gasteiger partial charge in [-0.2, -0.15) is 4.31 Å². The first-order valence-electron chi connectivity index (χ1n) is 6.38. The summed E-state index contributed by atoms with van der Waals surface area (Å²) in [6, 6.07) is 5.14. The van der Waals surface area contributed by atoms with E-state index in [1.165, 1.54) is 12.1 Å². The Morgan fingerprint density at radius 3 is 2.45 bits per heavy atom. The smallest absolute Gasteiger partial charge is 0.322 e. The Labute approximate surface area is 117 Å². The van der Waals surface area contributed by atoms with Gasteiger partial charge in [0.1, 0.15) is 6.04 Å². The Morgan fingerprint density at radius 2 is 1.95 bits per heavy atom. The average Bonchev–Trinajstić information content (AvgIpc) is 2.82. The Hall–Kier alpha value is -1.44. The summed E-state index contributed by atoms with van der Waals surface area (Å²) in [6.45, 7) is 1.77. The van der Waals surface area contributed by atoms with E-state index in [0.29, 0.717) is 0 Å². The Morgan fingerprint density at radius 1 is 1.35 bits per heavy atom. The van der Waals surface area contributed by atoms with E-state index in [0.717, 1.165) is 16.3 Å². The topological polar surface area (TPSA) is 94.9 Å². The largest absolute Gasteiger partial charge is 0.480 e. The molecule has 6 nitrogen and oxygen atoms in total. The number of carbonyl (C=O) groups is 1. The van der Waals surface area contributed by atoms with Crippen LogP contribution < -0.4 is 0 Å². The van der Waals surface area contributed by atoms with Crippen molar-refractivity contribution in [3.63, 3.8) is 0 Å². The van der Waals surface area contributed by atoms with Gasteiger partial charge in [0, 0.05) is 13.0 Å². The normalized spacial score (nSPS) is 23.9. The maximum atomic E-state index is 12.4. The number of hydrogen-bond acceptors (Lipinski definition) is 4. The third kappa shape index (κ3) is 2.70. The SMILES string of the molecule is CCc1ccc(S(=O)(=O)N2C[C@@H](O)C[C@H]2C(=O)O)cc1. The van der Waals surface area contributed by atoms with E-state index >= 15 is 0 Å². The molecule has 0 unspecified atom stereocenters. The summed E-state index contributed by atoms with van der Waals surface area (Å²) in [5.41, 5.74) is 1.00. The molecule has 1 aromatic carbocycles. The molecule has 0 radical (unpaired) electrons. The summed E-state index contributed by atoms with van der Waals surface area (Å²) < 4.78 is 25.8. The number of aliphatic hydroxyl groups excluding tert-OH is 1. The molecule has 0 amide bonds. The first kappa shape index (κ1) is 15.0. The van der Waals surface area contributed by atoms with Gasteiger partial charge < -0.3 is 10.2 Å². The van der Waals surface area contributed by atoms with Crippen LogP contribution in [0.3, 0.4) is 0 Å². The molecule has 2 rings (SSSR count). The summed E-state index contributed by atoms with van der Waals surface area (Å²) in [6.07, 6.45) is -0.233. The van der Waals surface area contributed by atoms with Crippen LogP contribution in [0.4, 0.5) is 0 Å². The van der Waals surface area contributed by atoms with E-state index < -0.39 is 28.1 Å². The number of sulfonamides is 1. The van der Waals surface area contributed by atoms with Crippen LogP contribution in [0.1, 0.15) is 18.9 Å². The van der Waals surface area contributed by atoms with Gasteiger partial charge in [-0.05, 0) is 24.1 Å². The van der Waals surface area contributed by atoms with Gasteiger partial charge >= 0.3 is 5.97 Å². The molecule has 2 N–H and O–H groups in total. The molecule has 110 valence electrons.